The molecular formula is C13H16FNO2. The molecule has 0 bridgehead atoms. The maximum atomic E-state index is 12.7. The molecule has 0 aliphatic rings. The predicted octanol–water partition coefficient (Wildman–Crippen LogP) is 2.98. The standard InChI is InChI=1S/C10H10FN.C3H6O2/c1-2-12-6-5-8-7-9(11)3-4-10(8)12;1-2-5-3-4/h3-7H,2H2,1H3;3H,2H2,1H3. The van der Waals surface area contributed by atoms with Gasteiger partial charge in [0.1, 0.15) is 5.82 Å². The third kappa shape index (κ3) is 3.59. The summed E-state index contributed by atoms with van der Waals surface area (Å²) in [6.45, 7) is 5.66. The molecule has 0 fully saturated rings. The van der Waals surface area contributed by atoms with Gasteiger partial charge >= 0.3 is 0 Å². The molecule has 2 rings (SSSR count). The topological polar surface area (TPSA) is 31.2 Å². The highest BCUT2D eigenvalue weighted by Crippen LogP contribution is 2.16. The molecule has 0 spiro atoms. The lowest BCUT2D eigenvalue weighted by atomic mass is 10.2. The van der Waals surface area contributed by atoms with Crippen molar-refractivity contribution >= 4 is 17.4 Å². The molecule has 1 aromatic carbocycles. The number of carbonyl (C=O) groups is 1. The molecule has 0 amide bonds. The Labute approximate surface area is 99.8 Å². The summed E-state index contributed by atoms with van der Waals surface area (Å²) in [6.07, 6.45) is 1.98. The number of fused-ring (bicyclic) bond motifs is 1. The van der Waals surface area contributed by atoms with Crippen molar-refractivity contribution in [3.63, 3.8) is 0 Å². The van der Waals surface area contributed by atoms with E-state index in [0.717, 1.165) is 17.4 Å². The second kappa shape index (κ2) is 6.68. The van der Waals surface area contributed by atoms with Crippen LogP contribution in [0, 0.1) is 5.82 Å². The Hall–Kier alpha value is -1.84. The number of hydrogen-bond acceptors (Lipinski definition) is 2. The van der Waals surface area contributed by atoms with Crippen molar-refractivity contribution in [2.24, 2.45) is 0 Å². The molecule has 1 aromatic heterocycles. The van der Waals surface area contributed by atoms with E-state index in [9.17, 15) is 9.18 Å². The molecular weight excluding hydrogens is 221 g/mol. The highest BCUT2D eigenvalue weighted by Gasteiger charge is 1.99. The van der Waals surface area contributed by atoms with E-state index in [1.54, 1.807) is 13.0 Å². The Kier molecular flexibility index (Phi) is 5.20. The molecule has 0 N–H and O–H groups in total. The second-order valence-electron chi connectivity index (χ2n) is 3.36. The van der Waals surface area contributed by atoms with Crippen LogP contribution in [0.25, 0.3) is 10.9 Å². The number of aryl methyl sites for hydroxylation is 1. The highest BCUT2D eigenvalue weighted by molar-refractivity contribution is 5.80. The summed E-state index contributed by atoms with van der Waals surface area (Å²) in [7, 11) is 0. The zero-order valence-electron chi connectivity index (χ0n) is 10.0. The maximum Gasteiger partial charge on any atom is 0.293 e. The van der Waals surface area contributed by atoms with Gasteiger partial charge in [0.15, 0.2) is 0 Å². The van der Waals surface area contributed by atoms with Gasteiger partial charge in [0, 0.05) is 23.6 Å². The van der Waals surface area contributed by atoms with Crippen molar-refractivity contribution in [2.45, 2.75) is 20.4 Å². The Bertz CT molecular complexity index is 479. The van der Waals surface area contributed by atoms with Crippen LogP contribution in [0.15, 0.2) is 30.5 Å². The highest BCUT2D eigenvalue weighted by atomic mass is 19.1. The van der Waals surface area contributed by atoms with E-state index >= 15 is 0 Å². The summed E-state index contributed by atoms with van der Waals surface area (Å²) >= 11 is 0. The fraction of sp³-hybridized carbons (Fsp3) is 0.308. The van der Waals surface area contributed by atoms with Gasteiger partial charge in [0.25, 0.3) is 6.47 Å². The van der Waals surface area contributed by atoms with E-state index in [0.29, 0.717) is 13.1 Å². The number of hydrogen-bond donors (Lipinski definition) is 0. The molecule has 0 atom stereocenters. The van der Waals surface area contributed by atoms with Crippen molar-refractivity contribution in [3.05, 3.63) is 36.3 Å². The van der Waals surface area contributed by atoms with E-state index in [2.05, 4.69) is 16.2 Å². The van der Waals surface area contributed by atoms with Crippen molar-refractivity contribution in [1.82, 2.24) is 4.57 Å². The number of carbonyl (C=O) groups excluding carboxylic acids is 1. The molecule has 0 saturated heterocycles. The van der Waals surface area contributed by atoms with E-state index in [1.807, 2.05) is 18.3 Å². The van der Waals surface area contributed by atoms with Crippen LogP contribution in [0.3, 0.4) is 0 Å². The van der Waals surface area contributed by atoms with Crippen molar-refractivity contribution < 1.29 is 13.9 Å². The minimum Gasteiger partial charge on any atom is -0.468 e. The molecule has 3 nitrogen and oxygen atoms in total. The third-order valence-electron chi connectivity index (χ3n) is 2.31. The third-order valence-corrected chi connectivity index (χ3v) is 2.31. The monoisotopic (exact) mass is 237 g/mol. The first-order chi connectivity index (χ1) is 8.22. The largest absolute Gasteiger partial charge is 0.468 e. The average molecular weight is 237 g/mol. The summed E-state index contributed by atoms with van der Waals surface area (Å²) in [4.78, 5) is 9.18. The van der Waals surface area contributed by atoms with Crippen LogP contribution in [0.4, 0.5) is 4.39 Å². The van der Waals surface area contributed by atoms with E-state index in [-0.39, 0.29) is 5.82 Å². The smallest absolute Gasteiger partial charge is 0.293 e. The first-order valence-electron chi connectivity index (χ1n) is 5.52. The van der Waals surface area contributed by atoms with Crippen LogP contribution < -0.4 is 0 Å². The average Bonchev–Trinajstić information content (AvgIpc) is 2.73. The summed E-state index contributed by atoms with van der Waals surface area (Å²) in [5.74, 6) is -0.170. The van der Waals surface area contributed by atoms with Crippen LogP contribution in [0.5, 0.6) is 0 Å². The van der Waals surface area contributed by atoms with Crippen LogP contribution >= 0.6 is 0 Å². The Morgan fingerprint density at radius 3 is 2.65 bits per heavy atom. The second-order valence-corrected chi connectivity index (χ2v) is 3.36. The molecule has 92 valence electrons. The molecule has 17 heavy (non-hydrogen) atoms. The fourth-order valence-electron chi connectivity index (χ4n) is 1.51. The van der Waals surface area contributed by atoms with Crippen molar-refractivity contribution in [1.29, 1.82) is 0 Å². The van der Waals surface area contributed by atoms with Crippen molar-refractivity contribution in [3.8, 4) is 0 Å². The van der Waals surface area contributed by atoms with Gasteiger partial charge in [0.2, 0.25) is 0 Å². The predicted molar refractivity (Wildman–Crippen MR) is 65.3 cm³/mol. The number of nitrogens with zero attached hydrogens (tertiary/aromatic N) is 1. The number of benzene rings is 1. The van der Waals surface area contributed by atoms with Gasteiger partial charge in [-0.3, -0.25) is 4.79 Å². The van der Waals surface area contributed by atoms with Crippen LogP contribution in [0.1, 0.15) is 13.8 Å². The minimum atomic E-state index is -0.170. The van der Waals surface area contributed by atoms with Gasteiger partial charge < -0.3 is 9.30 Å². The van der Waals surface area contributed by atoms with Gasteiger partial charge in [-0.2, -0.15) is 0 Å². The lowest BCUT2D eigenvalue weighted by Gasteiger charge is -1.98. The molecule has 0 saturated carbocycles. The zero-order valence-corrected chi connectivity index (χ0v) is 10.0. The number of rotatable bonds is 3. The van der Waals surface area contributed by atoms with Crippen molar-refractivity contribution in [2.75, 3.05) is 6.61 Å². The first kappa shape index (κ1) is 13.2. The zero-order chi connectivity index (χ0) is 12.7. The molecule has 0 aliphatic carbocycles. The fourth-order valence-corrected chi connectivity index (χ4v) is 1.51. The molecule has 1 heterocycles. The summed E-state index contributed by atoms with van der Waals surface area (Å²) < 4.78 is 19.0. The number of aromatic nitrogens is 1. The lowest BCUT2D eigenvalue weighted by molar-refractivity contribution is -0.128. The van der Waals surface area contributed by atoms with Crippen LogP contribution in [-0.2, 0) is 16.1 Å². The molecule has 0 aliphatic heterocycles. The van der Waals surface area contributed by atoms with Crippen LogP contribution in [-0.4, -0.2) is 17.6 Å². The van der Waals surface area contributed by atoms with Gasteiger partial charge in [-0.15, -0.1) is 0 Å². The number of ether oxygens (including phenoxy) is 1. The Balaban J connectivity index is 0.000000249. The number of halogens is 1. The maximum absolute atomic E-state index is 12.7. The van der Waals surface area contributed by atoms with Gasteiger partial charge in [-0.05, 0) is 38.1 Å². The Morgan fingerprint density at radius 2 is 2.12 bits per heavy atom. The molecule has 2 aromatic rings. The van der Waals surface area contributed by atoms with Gasteiger partial charge in [-0.1, -0.05) is 0 Å². The quantitative estimate of drug-likeness (QED) is 0.768. The van der Waals surface area contributed by atoms with E-state index < -0.39 is 0 Å². The molecule has 0 radical (unpaired) electrons. The van der Waals surface area contributed by atoms with Gasteiger partial charge in [0.05, 0.1) is 6.61 Å². The molecule has 4 heteroatoms. The summed E-state index contributed by atoms with van der Waals surface area (Å²) in [5, 5.41) is 0.969. The Morgan fingerprint density at radius 1 is 1.35 bits per heavy atom. The van der Waals surface area contributed by atoms with Crippen LogP contribution in [0.2, 0.25) is 0 Å². The SMILES string of the molecule is CCOC=O.CCn1ccc2cc(F)ccc21. The summed E-state index contributed by atoms with van der Waals surface area (Å²) in [5.41, 5.74) is 1.10. The van der Waals surface area contributed by atoms with Gasteiger partial charge in [-0.25, -0.2) is 4.39 Å². The minimum absolute atomic E-state index is 0.170. The first-order valence-corrected chi connectivity index (χ1v) is 5.52. The van der Waals surface area contributed by atoms with E-state index in [1.165, 1.54) is 6.07 Å². The lowest BCUT2D eigenvalue weighted by Crippen LogP contribution is -1.89. The summed E-state index contributed by atoms with van der Waals surface area (Å²) in [6, 6.07) is 6.80. The normalized spacial score (nSPS) is 9.59. The van der Waals surface area contributed by atoms with E-state index in [4.69, 9.17) is 0 Å². The molecule has 0 unspecified atom stereocenters.